The maximum atomic E-state index is 13.1. The Kier molecular flexibility index (Phi) is 44.6. The van der Waals surface area contributed by atoms with E-state index in [2.05, 4.69) is 38.2 Å². The molecular weight excluding hydrogens is 816 g/mol. The molecule has 0 heterocycles. The minimum absolute atomic E-state index is 0. The number of rotatable bonds is 45. The van der Waals surface area contributed by atoms with E-state index >= 15 is 0 Å². The van der Waals surface area contributed by atoms with Crippen LogP contribution in [0.1, 0.15) is 279 Å². The summed E-state index contributed by atoms with van der Waals surface area (Å²) in [4.78, 5) is 25.3. The second-order valence-corrected chi connectivity index (χ2v) is 19.2. The Morgan fingerprint density at radius 1 is 0.444 bits per heavy atom. The zero-order valence-electron chi connectivity index (χ0n) is 41.1. The van der Waals surface area contributed by atoms with E-state index in [1.807, 2.05) is 0 Å². The van der Waals surface area contributed by atoms with Gasteiger partial charge in [-0.3, -0.25) is 0 Å². The van der Waals surface area contributed by atoms with Gasteiger partial charge in [-0.15, -0.1) is 0 Å². The number of ether oxygens (including phenoxy) is 2. The Morgan fingerprint density at radius 3 is 1.05 bits per heavy atom. The summed E-state index contributed by atoms with van der Waals surface area (Å²) < 4.78 is 47.0. The third kappa shape index (κ3) is 37.3. The van der Waals surface area contributed by atoms with Gasteiger partial charge in [0.1, 0.15) is 10.1 Å². The monoisotopic (exact) mass is 909 g/mol. The number of esters is 2. The van der Waals surface area contributed by atoms with Gasteiger partial charge < -0.3 is 14.0 Å². The van der Waals surface area contributed by atoms with Crippen LogP contribution in [0.4, 0.5) is 0 Å². The molecule has 0 aliphatic carbocycles. The van der Waals surface area contributed by atoms with Crippen molar-refractivity contribution >= 4 is 22.1 Å². The first-order valence-electron chi connectivity index (χ1n) is 26.1. The van der Waals surface area contributed by atoms with E-state index in [1.54, 1.807) is 0 Å². The summed E-state index contributed by atoms with van der Waals surface area (Å²) in [6.45, 7) is 4.78. The van der Waals surface area contributed by atoms with E-state index in [0.29, 0.717) is 12.8 Å². The number of hydrogen-bond donors (Lipinski definition) is 0. The maximum absolute atomic E-state index is 13.1. The van der Waals surface area contributed by atoms with Gasteiger partial charge in [-0.05, 0) is 76.3 Å². The van der Waals surface area contributed by atoms with E-state index in [4.69, 9.17) is 9.47 Å². The molecule has 0 amide bonds. The molecular formula is C54H93NaO7S. The standard InChI is InChI=1S/C54H94O7S.Na/c1-3-5-7-9-11-13-15-17-19-21-23-25-27-29-31-33-35-37-39-41-43-48-60-53(55)50-46-45-47-51(62(57,58)59)52(50)54(56)61-49-44-42-40-38-36-34-32-30-28-26-24-22-20-18-16-14-12-10-8-6-4-2;/h15-18,45-47H,3-14,19-44,48-49H2,1-2H3,(H,57,58,59);/q;+1/p-1/b17-15+,18-16+;. The maximum Gasteiger partial charge on any atom is 1.00 e. The van der Waals surface area contributed by atoms with Crippen LogP contribution in [0.2, 0.25) is 0 Å². The SMILES string of the molecule is CCCCCCC/C=C/CCCCCCCCCCCCCCOC(=O)c1cccc(S(=O)(=O)[O-])c1C(=O)OCCCCCCCCCCCCCC/C=C/CCCCCCC.[Na+]. The molecule has 0 saturated carbocycles. The summed E-state index contributed by atoms with van der Waals surface area (Å²) in [5, 5.41) is 0. The largest absolute Gasteiger partial charge is 1.00 e. The van der Waals surface area contributed by atoms with Crippen molar-refractivity contribution in [2.75, 3.05) is 13.2 Å². The number of carbonyl (C=O) groups excluding carboxylic acids is 2. The fraction of sp³-hybridized carbons (Fsp3) is 0.778. The van der Waals surface area contributed by atoms with Crippen molar-refractivity contribution in [2.24, 2.45) is 0 Å². The topological polar surface area (TPSA) is 110 Å². The zero-order valence-corrected chi connectivity index (χ0v) is 43.9. The normalized spacial score (nSPS) is 11.7. The molecule has 0 aromatic heterocycles. The van der Waals surface area contributed by atoms with Gasteiger partial charge in [0.15, 0.2) is 0 Å². The Bertz CT molecular complexity index is 1380. The molecule has 1 aromatic rings. The third-order valence-electron chi connectivity index (χ3n) is 12.0. The molecule has 1 aromatic carbocycles. The first-order chi connectivity index (χ1) is 30.3. The first kappa shape index (κ1) is 61.5. The summed E-state index contributed by atoms with van der Waals surface area (Å²) in [6, 6.07) is 3.65. The van der Waals surface area contributed by atoms with Crippen LogP contribution < -0.4 is 29.6 Å². The summed E-state index contributed by atoms with van der Waals surface area (Å²) in [5.41, 5.74) is -0.771. The molecule has 0 fully saturated rings. The van der Waals surface area contributed by atoms with Crippen molar-refractivity contribution in [1.82, 2.24) is 0 Å². The van der Waals surface area contributed by atoms with E-state index < -0.39 is 32.5 Å². The molecule has 63 heavy (non-hydrogen) atoms. The number of allylic oxidation sites excluding steroid dienone is 4. The van der Waals surface area contributed by atoms with Gasteiger partial charge in [0, 0.05) is 0 Å². The molecule has 0 saturated heterocycles. The average Bonchev–Trinajstić information content (AvgIpc) is 3.26. The molecule has 0 N–H and O–H groups in total. The fourth-order valence-corrected chi connectivity index (χ4v) is 8.76. The van der Waals surface area contributed by atoms with Crippen molar-refractivity contribution in [3.63, 3.8) is 0 Å². The van der Waals surface area contributed by atoms with Crippen molar-refractivity contribution in [3.8, 4) is 0 Å². The second kappa shape index (κ2) is 45.7. The predicted octanol–water partition coefficient (Wildman–Crippen LogP) is 13.9. The van der Waals surface area contributed by atoms with E-state index in [9.17, 15) is 22.6 Å². The van der Waals surface area contributed by atoms with Gasteiger partial charge in [0.25, 0.3) is 0 Å². The second-order valence-electron chi connectivity index (χ2n) is 17.8. The molecule has 9 heteroatoms. The van der Waals surface area contributed by atoms with Crippen molar-refractivity contribution < 1.29 is 61.6 Å². The van der Waals surface area contributed by atoms with Crippen LogP contribution in [0.15, 0.2) is 47.4 Å². The van der Waals surface area contributed by atoms with Crippen molar-refractivity contribution in [2.45, 2.75) is 263 Å². The van der Waals surface area contributed by atoms with Crippen molar-refractivity contribution in [3.05, 3.63) is 53.6 Å². The molecule has 0 aliphatic rings. The summed E-state index contributed by atoms with van der Waals surface area (Å²) >= 11 is 0. The predicted molar refractivity (Wildman–Crippen MR) is 260 cm³/mol. The van der Waals surface area contributed by atoms with Crippen molar-refractivity contribution in [1.29, 1.82) is 0 Å². The van der Waals surface area contributed by atoms with Crippen LogP contribution in [0.25, 0.3) is 0 Å². The van der Waals surface area contributed by atoms with E-state index in [1.165, 1.54) is 205 Å². The molecule has 0 spiro atoms. The van der Waals surface area contributed by atoms with Gasteiger partial charge in [-0.1, -0.05) is 224 Å². The van der Waals surface area contributed by atoms with Crippen LogP contribution in [0.3, 0.4) is 0 Å². The number of hydrogen-bond acceptors (Lipinski definition) is 7. The Balaban J connectivity index is 0.0000384. The number of carbonyl (C=O) groups is 2. The van der Waals surface area contributed by atoms with Crippen LogP contribution in [0, 0.1) is 0 Å². The molecule has 0 unspecified atom stereocenters. The zero-order chi connectivity index (χ0) is 45.0. The molecule has 0 bridgehead atoms. The Labute approximate surface area is 410 Å². The van der Waals surface area contributed by atoms with Crippen LogP contribution in [-0.2, 0) is 19.6 Å². The third-order valence-corrected chi connectivity index (χ3v) is 12.9. The Hall–Kier alpha value is -1.45. The molecule has 358 valence electrons. The van der Waals surface area contributed by atoms with Crippen LogP contribution in [0.5, 0.6) is 0 Å². The van der Waals surface area contributed by atoms with Gasteiger partial charge >= 0.3 is 41.5 Å². The van der Waals surface area contributed by atoms with E-state index in [-0.39, 0.29) is 48.3 Å². The molecule has 1 rings (SSSR count). The summed E-state index contributed by atoms with van der Waals surface area (Å²) in [5.74, 6) is -1.80. The summed E-state index contributed by atoms with van der Waals surface area (Å²) in [7, 11) is -5.02. The van der Waals surface area contributed by atoms with E-state index in [0.717, 1.165) is 44.6 Å². The van der Waals surface area contributed by atoms with Crippen LogP contribution in [-0.4, -0.2) is 38.1 Å². The molecule has 0 radical (unpaired) electrons. The minimum Gasteiger partial charge on any atom is -0.744 e. The number of unbranched alkanes of at least 4 members (excludes halogenated alkanes) is 34. The number of benzene rings is 1. The Morgan fingerprint density at radius 2 is 0.730 bits per heavy atom. The van der Waals surface area contributed by atoms with Gasteiger partial charge in [-0.2, -0.15) is 0 Å². The van der Waals surface area contributed by atoms with Gasteiger partial charge in [-0.25, -0.2) is 18.0 Å². The molecule has 0 aliphatic heterocycles. The van der Waals surface area contributed by atoms with Gasteiger partial charge in [0.05, 0.1) is 29.2 Å². The van der Waals surface area contributed by atoms with Gasteiger partial charge in [0.2, 0.25) is 0 Å². The quantitative estimate of drug-likeness (QED) is 0.0211. The first-order valence-corrected chi connectivity index (χ1v) is 27.5. The van der Waals surface area contributed by atoms with Crippen LogP contribution >= 0.6 is 0 Å². The fourth-order valence-electron chi connectivity index (χ4n) is 8.07. The minimum atomic E-state index is -5.02. The molecule has 0 atom stereocenters. The molecule has 7 nitrogen and oxygen atoms in total. The average molecular weight is 909 g/mol. The smallest absolute Gasteiger partial charge is 0.744 e. The summed E-state index contributed by atoms with van der Waals surface area (Å²) in [6.07, 6.45) is 56.1.